The number of hydrogen-bond acceptors (Lipinski definition) is 5. The van der Waals surface area contributed by atoms with Crippen LogP contribution in [0.5, 0.6) is 5.75 Å². The molecule has 0 aromatic heterocycles. The van der Waals surface area contributed by atoms with Crippen LogP contribution in [0.3, 0.4) is 0 Å². The van der Waals surface area contributed by atoms with Crippen LogP contribution in [-0.2, 0) is 10.0 Å². The lowest BCUT2D eigenvalue weighted by atomic mass is 10.2. The lowest BCUT2D eigenvalue weighted by molar-refractivity contribution is -0.385. The Balaban J connectivity index is 2.37. The van der Waals surface area contributed by atoms with Gasteiger partial charge < -0.3 is 4.74 Å². The lowest BCUT2D eigenvalue weighted by Crippen LogP contribution is -2.14. The molecular weight excluding hydrogens is 308 g/mol. The second kappa shape index (κ2) is 6.02. The number of ether oxygens (including phenoxy) is 1. The maximum absolute atomic E-state index is 12.4. The van der Waals surface area contributed by atoms with Gasteiger partial charge in [-0.15, -0.1) is 0 Å². The Kier molecular flexibility index (Phi) is 4.32. The van der Waals surface area contributed by atoms with Gasteiger partial charge in [0.25, 0.3) is 15.7 Å². The molecule has 0 radical (unpaired) electrons. The fraction of sp³-hybridized carbons (Fsp3) is 0.143. The Morgan fingerprint density at radius 2 is 1.77 bits per heavy atom. The van der Waals surface area contributed by atoms with Crippen molar-refractivity contribution in [3.8, 4) is 5.75 Å². The number of nitro benzene ring substituents is 1. The first-order chi connectivity index (χ1) is 10.3. The van der Waals surface area contributed by atoms with Crippen LogP contribution in [0.15, 0.2) is 47.4 Å². The number of sulfonamides is 1. The summed E-state index contributed by atoms with van der Waals surface area (Å²) in [6.45, 7) is 1.58. The molecule has 0 aliphatic carbocycles. The summed E-state index contributed by atoms with van der Waals surface area (Å²) < 4.78 is 32.2. The maximum Gasteiger partial charge on any atom is 0.270 e. The number of nitrogens with zero attached hydrogens (tertiary/aromatic N) is 1. The number of hydrogen-bond donors (Lipinski definition) is 1. The molecule has 0 amide bonds. The molecule has 0 saturated carbocycles. The smallest absolute Gasteiger partial charge is 0.270 e. The van der Waals surface area contributed by atoms with Crippen molar-refractivity contribution >= 4 is 21.4 Å². The Hall–Kier alpha value is -2.61. The van der Waals surface area contributed by atoms with E-state index < -0.39 is 14.9 Å². The van der Waals surface area contributed by atoms with Gasteiger partial charge in [-0.25, -0.2) is 8.42 Å². The Labute approximate surface area is 127 Å². The summed E-state index contributed by atoms with van der Waals surface area (Å²) in [5, 5.41) is 10.8. The summed E-state index contributed by atoms with van der Waals surface area (Å²) in [5.74, 6) is 0.592. The predicted molar refractivity (Wildman–Crippen MR) is 81.6 cm³/mol. The van der Waals surface area contributed by atoms with Gasteiger partial charge in [-0.2, -0.15) is 0 Å². The molecule has 2 aromatic carbocycles. The summed E-state index contributed by atoms with van der Waals surface area (Å²) >= 11 is 0. The van der Waals surface area contributed by atoms with E-state index in [1.54, 1.807) is 31.2 Å². The highest BCUT2D eigenvalue weighted by atomic mass is 32.2. The van der Waals surface area contributed by atoms with Crippen molar-refractivity contribution in [3.63, 3.8) is 0 Å². The number of benzene rings is 2. The van der Waals surface area contributed by atoms with Crippen LogP contribution in [-0.4, -0.2) is 20.5 Å². The van der Waals surface area contributed by atoms with E-state index >= 15 is 0 Å². The van der Waals surface area contributed by atoms with Crippen LogP contribution < -0.4 is 9.46 Å². The molecule has 0 heterocycles. The molecule has 2 aromatic rings. The van der Waals surface area contributed by atoms with Crippen molar-refractivity contribution in [1.82, 2.24) is 0 Å². The van der Waals surface area contributed by atoms with Crippen LogP contribution in [0, 0.1) is 17.0 Å². The summed E-state index contributed by atoms with van der Waals surface area (Å²) in [5.41, 5.74) is 0.485. The molecule has 22 heavy (non-hydrogen) atoms. The quantitative estimate of drug-likeness (QED) is 0.674. The molecule has 0 atom stereocenters. The zero-order chi connectivity index (χ0) is 16.3. The SMILES string of the molecule is COc1ccc(NS(=O)(=O)c2cc([N+](=O)[O-])ccc2C)cc1. The van der Waals surface area contributed by atoms with Gasteiger partial charge in [0, 0.05) is 17.8 Å². The molecule has 2 rings (SSSR count). The van der Waals surface area contributed by atoms with Crippen molar-refractivity contribution in [2.75, 3.05) is 11.8 Å². The summed E-state index contributed by atoms with van der Waals surface area (Å²) in [6, 6.07) is 10.0. The van der Waals surface area contributed by atoms with Crippen molar-refractivity contribution in [2.24, 2.45) is 0 Å². The lowest BCUT2D eigenvalue weighted by Gasteiger charge is -2.10. The number of anilines is 1. The van der Waals surface area contributed by atoms with Gasteiger partial charge in [0.05, 0.1) is 16.9 Å². The second-order valence-electron chi connectivity index (χ2n) is 4.54. The molecule has 0 saturated heterocycles. The third-order valence-corrected chi connectivity index (χ3v) is 4.54. The maximum atomic E-state index is 12.4. The van der Waals surface area contributed by atoms with Crippen molar-refractivity contribution in [1.29, 1.82) is 0 Å². The number of nitro groups is 1. The van der Waals surface area contributed by atoms with Crippen LogP contribution in [0.1, 0.15) is 5.56 Å². The monoisotopic (exact) mass is 322 g/mol. The second-order valence-corrected chi connectivity index (χ2v) is 6.19. The van der Waals surface area contributed by atoms with Gasteiger partial charge in [-0.05, 0) is 36.8 Å². The molecule has 0 fully saturated rings. The number of rotatable bonds is 5. The van der Waals surface area contributed by atoms with Crippen molar-refractivity contribution < 1.29 is 18.1 Å². The fourth-order valence-electron chi connectivity index (χ4n) is 1.86. The topological polar surface area (TPSA) is 98.5 Å². The average molecular weight is 322 g/mol. The Bertz CT molecular complexity index is 800. The molecule has 1 N–H and O–H groups in total. The highest BCUT2D eigenvalue weighted by Crippen LogP contribution is 2.24. The van der Waals surface area contributed by atoms with Gasteiger partial charge in [0.1, 0.15) is 5.75 Å². The highest BCUT2D eigenvalue weighted by molar-refractivity contribution is 7.92. The molecular formula is C14H14N2O5S. The van der Waals surface area contributed by atoms with E-state index in [-0.39, 0.29) is 10.6 Å². The largest absolute Gasteiger partial charge is 0.497 e. The third kappa shape index (κ3) is 3.34. The van der Waals surface area contributed by atoms with E-state index in [9.17, 15) is 18.5 Å². The first-order valence-corrected chi connectivity index (χ1v) is 7.74. The highest BCUT2D eigenvalue weighted by Gasteiger charge is 2.20. The van der Waals surface area contributed by atoms with Crippen LogP contribution in [0.4, 0.5) is 11.4 Å². The molecule has 0 spiro atoms. The molecule has 7 nitrogen and oxygen atoms in total. The minimum Gasteiger partial charge on any atom is -0.497 e. The number of nitrogens with one attached hydrogen (secondary N) is 1. The third-order valence-electron chi connectivity index (χ3n) is 3.01. The van der Waals surface area contributed by atoms with Gasteiger partial charge in [0.15, 0.2) is 0 Å². The van der Waals surface area contributed by atoms with Crippen molar-refractivity contribution in [2.45, 2.75) is 11.8 Å². The molecule has 0 aliphatic heterocycles. The van der Waals surface area contributed by atoms with E-state index in [2.05, 4.69) is 4.72 Å². The minimum atomic E-state index is -3.91. The van der Waals surface area contributed by atoms with E-state index in [4.69, 9.17) is 4.74 Å². The number of non-ortho nitro benzene ring substituents is 1. The summed E-state index contributed by atoms with van der Waals surface area (Å²) in [6.07, 6.45) is 0. The predicted octanol–water partition coefficient (Wildman–Crippen LogP) is 2.71. The first-order valence-electron chi connectivity index (χ1n) is 6.25. The number of aryl methyl sites for hydroxylation is 1. The Morgan fingerprint density at radius 1 is 1.14 bits per heavy atom. The summed E-state index contributed by atoms with van der Waals surface area (Å²) in [4.78, 5) is 10.0. The average Bonchev–Trinajstić information content (AvgIpc) is 2.47. The number of methoxy groups -OCH3 is 1. The molecule has 0 aliphatic rings. The first kappa shape index (κ1) is 15.8. The van der Waals surface area contributed by atoms with Gasteiger partial charge >= 0.3 is 0 Å². The molecule has 8 heteroatoms. The van der Waals surface area contributed by atoms with E-state index in [1.807, 2.05) is 0 Å². The van der Waals surface area contributed by atoms with E-state index in [0.29, 0.717) is 17.0 Å². The van der Waals surface area contributed by atoms with Gasteiger partial charge in [-0.3, -0.25) is 14.8 Å². The summed E-state index contributed by atoms with van der Waals surface area (Å²) in [7, 11) is -2.41. The van der Waals surface area contributed by atoms with Crippen molar-refractivity contribution in [3.05, 3.63) is 58.1 Å². The van der Waals surface area contributed by atoms with Gasteiger partial charge in [-0.1, -0.05) is 6.07 Å². The van der Waals surface area contributed by atoms with E-state index in [0.717, 1.165) is 6.07 Å². The van der Waals surface area contributed by atoms with E-state index in [1.165, 1.54) is 19.2 Å². The Morgan fingerprint density at radius 3 is 2.32 bits per heavy atom. The van der Waals surface area contributed by atoms with Gasteiger partial charge in [0.2, 0.25) is 0 Å². The zero-order valence-corrected chi connectivity index (χ0v) is 12.8. The van der Waals surface area contributed by atoms with Crippen LogP contribution >= 0.6 is 0 Å². The standard InChI is InChI=1S/C14H14N2O5S/c1-10-3-6-12(16(17)18)9-14(10)22(19,20)15-11-4-7-13(21-2)8-5-11/h3-9,15H,1-2H3. The molecule has 0 bridgehead atoms. The molecule has 116 valence electrons. The minimum absolute atomic E-state index is 0.127. The normalized spacial score (nSPS) is 11.0. The fourth-order valence-corrected chi connectivity index (χ4v) is 3.19. The van der Waals surface area contributed by atoms with Crippen LogP contribution in [0.2, 0.25) is 0 Å². The molecule has 0 unspecified atom stereocenters. The zero-order valence-electron chi connectivity index (χ0n) is 11.9. The van der Waals surface area contributed by atoms with Crippen LogP contribution in [0.25, 0.3) is 0 Å².